The highest BCUT2D eigenvalue weighted by molar-refractivity contribution is 14.1. The van der Waals surface area contributed by atoms with E-state index in [0.29, 0.717) is 39.4 Å². The normalized spacial score (nSPS) is 11.2. The lowest BCUT2D eigenvalue weighted by atomic mass is 10.0. The zero-order valence-corrected chi connectivity index (χ0v) is 23.6. The minimum Gasteiger partial charge on any atom is -0.493 e. The molecule has 0 saturated heterocycles. The highest BCUT2D eigenvalue weighted by Crippen LogP contribution is 2.36. The molecule has 1 amide bonds. The molecule has 186 valence electrons. The third-order valence-electron chi connectivity index (χ3n) is 5.74. The Bertz CT molecular complexity index is 1580. The number of anilines is 1. The van der Waals surface area contributed by atoms with Crippen molar-refractivity contribution in [1.82, 2.24) is 0 Å². The first-order chi connectivity index (χ1) is 17.8. The number of amides is 1. The van der Waals surface area contributed by atoms with Crippen LogP contribution in [0.2, 0.25) is 10.0 Å². The lowest BCUT2D eigenvalue weighted by Gasteiger charge is -2.16. The van der Waals surface area contributed by atoms with Crippen LogP contribution in [0.5, 0.6) is 11.5 Å². The number of hydrogen-bond donors (Lipinski definition) is 1. The van der Waals surface area contributed by atoms with E-state index in [-0.39, 0.29) is 5.57 Å². The number of ether oxygens (including phenoxy) is 2. The van der Waals surface area contributed by atoms with E-state index in [1.807, 2.05) is 24.3 Å². The molecular formula is C29H21Cl2IN2O3. The van der Waals surface area contributed by atoms with E-state index in [2.05, 4.69) is 59.1 Å². The molecule has 0 aliphatic heterocycles. The van der Waals surface area contributed by atoms with Crippen molar-refractivity contribution in [2.24, 2.45) is 0 Å². The second kappa shape index (κ2) is 11.9. The maximum absolute atomic E-state index is 12.7. The lowest BCUT2D eigenvalue weighted by molar-refractivity contribution is -0.112. The summed E-state index contributed by atoms with van der Waals surface area (Å²) in [6, 6.07) is 22.6. The van der Waals surface area contributed by atoms with E-state index in [0.717, 1.165) is 25.5 Å². The molecule has 5 nitrogen and oxygen atoms in total. The Morgan fingerprint density at radius 3 is 2.59 bits per heavy atom. The number of fused-ring (bicyclic) bond motifs is 1. The number of carbonyl (C=O) groups is 1. The van der Waals surface area contributed by atoms with Crippen LogP contribution in [0.25, 0.3) is 16.8 Å². The predicted octanol–water partition coefficient (Wildman–Crippen LogP) is 8.19. The van der Waals surface area contributed by atoms with E-state index in [9.17, 15) is 10.1 Å². The summed E-state index contributed by atoms with van der Waals surface area (Å²) in [7, 11) is 1.55. The molecule has 0 aromatic heterocycles. The number of rotatable bonds is 7. The maximum atomic E-state index is 12.7. The number of hydrogen-bond acceptors (Lipinski definition) is 4. The monoisotopic (exact) mass is 642 g/mol. The van der Waals surface area contributed by atoms with Crippen LogP contribution in [0.4, 0.5) is 5.69 Å². The summed E-state index contributed by atoms with van der Waals surface area (Å²) in [5, 5.41) is 15.3. The average Bonchev–Trinajstić information content (AvgIpc) is 2.89. The standard InChI is InChI=1S/C29H21Cl2IN2O3/c1-17-7-8-19-5-3-4-6-22(19)23(17)16-37-28-26(32)12-18(13-27(28)36-2)11-20(15-33)29(35)34-21-9-10-24(30)25(31)14-21/h3-14H,16H2,1-2H3,(H,34,35)/b20-11+. The number of nitriles is 1. The fourth-order valence-electron chi connectivity index (χ4n) is 3.83. The minimum atomic E-state index is -0.568. The molecule has 0 spiro atoms. The number of nitrogens with zero attached hydrogens (tertiary/aromatic N) is 1. The van der Waals surface area contributed by atoms with Crippen molar-refractivity contribution >= 4 is 74.2 Å². The van der Waals surface area contributed by atoms with E-state index in [1.165, 1.54) is 12.1 Å². The molecule has 4 aromatic rings. The van der Waals surface area contributed by atoms with Gasteiger partial charge in [0.25, 0.3) is 5.91 Å². The summed E-state index contributed by atoms with van der Waals surface area (Å²) < 4.78 is 12.6. The summed E-state index contributed by atoms with van der Waals surface area (Å²) in [6.45, 7) is 2.43. The van der Waals surface area contributed by atoms with Crippen molar-refractivity contribution in [3.05, 3.63) is 103 Å². The summed E-state index contributed by atoms with van der Waals surface area (Å²) in [5.74, 6) is 0.520. The van der Waals surface area contributed by atoms with Gasteiger partial charge in [0.1, 0.15) is 18.2 Å². The first-order valence-corrected chi connectivity index (χ1v) is 13.0. The molecule has 4 rings (SSSR count). The molecule has 0 atom stereocenters. The van der Waals surface area contributed by atoms with Crippen LogP contribution in [0.15, 0.2) is 72.3 Å². The van der Waals surface area contributed by atoms with Crippen molar-refractivity contribution in [3.8, 4) is 17.6 Å². The number of nitrogens with one attached hydrogen (secondary N) is 1. The van der Waals surface area contributed by atoms with Gasteiger partial charge in [0.2, 0.25) is 0 Å². The zero-order chi connectivity index (χ0) is 26.5. The van der Waals surface area contributed by atoms with Crippen LogP contribution in [0.1, 0.15) is 16.7 Å². The van der Waals surface area contributed by atoms with E-state index in [4.69, 9.17) is 32.7 Å². The van der Waals surface area contributed by atoms with Crippen molar-refractivity contribution in [2.45, 2.75) is 13.5 Å². The zero-order valence-electron chi connectivity index (χ0n) is 19.9. The SMILES string of the molecule is COc1cc(/C=C(\C#N)C(=O)Nc2ccc(Cl)c(Cl)c2)cc(I)c1OCc1c(C)ccc2ccccc12. The summed E-state index contributed by atoms with van der Waals surface area (Å²) in [6.07, 6.45) is 1.50. The van der Waals surface area contributed by atoms with Gasteiger partial charge in [-0.3, -0.25) is 4.79 Å². The van der Waals surface area contributed by atoms with Gasteiger partial charge in [-0.25, -0.2) is 0 Å². The van der Waals surface area contributed by atoms with Gasteiger partial charge in [-0.05, 0) is 87.8 Å². The number of benzene rings is 4. The van der Waals surface area contributed by atoms with Crippen LogP contribution in [0, 0.1) is 21.8 Å². The summed E-state index contributed by atoms with van der Waals surface area (Å²) in [5.41, 5.74) is 3.21. The molecule has 0 aliphatic carbocycles. The van der Waals surface area contributed by atoms with Crippen molar-refractivity contribution in [1.29, 1.82) is 5.26 Å². The first kappa shape index (κ1) is 26.8. The second-order valence-electron chi connectivity index (χ2n) is 8.16. The molecule has 0 bridgehead atoms. The fraction of sp³-hybridized carbons (Fsp3) is 0.103. The number of methoxy groups -OCH3 is 1. The largest absolute Gasteiger partial charge is 0.493 e. The molecule has 0 aliphatic rings. The van der Waals surface area contributed by atoms with E-state index >= 15 is 0 Å². The fourth-order valence-corrected chi connectivity index (χ4v) is 4.91. The van der Waals surface area contributed by atoms with Gasteiger partial charge in [-0.2, -0.15) is 5.26 Å². The average molecular weight is 643 g/mol. The van der Waals surface area contributed by atoms with Crippen molar-refractivity contribution < 1.29 is 14.3 Å². The van der Waals surface area contributed by atoms with Gasteiger partial charge >= 0.3 is 0 Å². The van der Waals surface area contributed by atoms with Crippen LogP contribution < -0.4 is 14.8 Å². The van der Waals surface area contributed by atoms with E-state index < -0.39 is 5.91 Å². The molecular weight excluding hydrogens is 622 g/mol. The molecule has 37 heavy (non-hydrogen) atoms. The molecule has 0 radical (unpaired) electrons. The molecule has 8 heteroatoms. The van der Waals surface area contributed by atoms with Crippen LogP contribution in [-0.2, 0) is 11.4 Å². The van der Waals surface area contributed by atoms with Crippen LogP contribution in [0.3, 0.4) is 0 Å². The Labute approximate surface area is 238 Å². The predicted molar refractivity (Wildman–Crippen MR) is 157 cm³/mol. The van der Waals surface area contributed by atoms with Gasteiger partial charge in [-0.15, -0.1) is 0 Å². The van der Waals surface area contributed by atoms with Gasteiger partial charge in [0, 0.05) is 11.3 Å². The second-order valence-corrected chi connectivity index (χ2v) is 10.1. The van der Waals surface area contributed by atoms with Gasteiger partial charge < -0.3 is 14.8 Å². The quantitative estimate of drug-likeness (QED) is 0.125. The number of halogens is 3. The Balaban J connectivity index is 1.59. The third kappa shape index (κ3) is 6.19. The van der Waals surface area contributed by atoms with Crippen LogP contribution in [-0.4, -0.2) is 13.0 Å². The molecule has 1 N–H and O–H groups in total. The van der Waals surface area contributed by atoms with Gasteiger partial charge in [0.05, 0.1) is 20.7 Å². The Morgan fingerprint density at radius 2 is 1.86 bits per heavy atom. The van der Waals surface area contributed by atoms with Crippen molar-refractivity contribution in [2.75, 3.05) is 12.4 Å². The molecule has 4 aromatic carbocycles. The van der Waals surface area contributed by atoms with Crippen LogP contribution >= 0.6 is 45.8 Å². The molecule has 0 fully saturated rings. The molecule has 0 unspecified atom stereocenters. The van der Waals surface area contributed by atoms with Crippen molar-refractivity contribution in [3.63, 3.8) is 0 Å². The lowest BCUT2D eigenvalue weighted by Crippen LogP contribution is -2.13. The topological polar surface area (TPSA) is 71.3 Å². The Morgan fingerprint density at radius 1 is 1.08 bits per heavy atom. The minimum absolute atomic E-state index is 0.0797. The maximum Gasteiger partial charge on any atom is 0.266 e. The van der Waals surface area contributed by atoms with Gasteiger partial charge in [0.15, 0.2) is 11.5 Å². The number of carbonyl (C=O) groups excluding carboxylic acids is 1. The summed E-state index contributed by atoms with van der Waals surface area (Å²) >= 11 is 14.1. The first-order valence-electron chi connectivity index (χ1n) is 11.2. The molecule has 0 heterocycles. The highest BCUT2D eigenvalue weighted by Gasteiger charge is 2.16. The smallest absolute Gasteiger partial charge is 0.266 e. The highest BCUT2D eigenvalue weighted by atomic mass is 127. The Kier molecular flexibility index (Phi) is 8.59. The van der Waals surface area contributed by atoms with Gasteiger partial charge in [-0.1, -0.05) is 59.6 Å². The van der Waals surface area contributed by atoms with E-state index in [1.54, 1.807) is 25.3 Å². The number of aryl methyl sites for hydroxylation is 1. The summed E-state index contributed by atoms with van der Waals surface area (Å²) in [4.78, 5) is 12.7. The molecule has 0 saturated carbocycles. The third-order valence-corrected chi connectivity index (χ3v) is 7.28. The Hall–Kier alpha value is -3.25.